The van der Waals surface area contributed by atoms with E-state index in [0.29, 0.717) is 18.3 Å². The molecular formula is C19H19FN4O3. The van der Waals surface area contributed by atoms with E-state index in [2.05, 4.69) is 10.3 Å². The van der Waals surface area contributed by atoms with Gasteiger partial charge >= 0.3 is 6.03 Å². The van der Waals surface area contributed by atoms with Crippen LogP contribution >= 0.6 is 0 Å². The number of amides is 3. The molecule has 0 bridgehead atoms. The molecule has 1 atom stereocenters. The Morgan fingerprint density at radius 2 is 2.22 bits per heavy atom. The quantitative estimate of drug-likeness (QED) is 0.719. The maximum atomic E-state index is 13.4. The first-order valence-electron chi connectivity index (χ1n) is 8.43. The number of nitrogens with zero attached hydrogens (tertiary/aromatic N) is 2. The van der Waals surface area contributed by atoms with Crippen molar-refractivity contribution in [3.05, 3.63) is 65.2 Å². The zero-order valence-corrected chi connectivity index (χ0v) is 14.5. The van der Waals surface area contributed by atoms with E-state index in [1.54, 1.807) is 24.5 Å². The summed E-state index contributed by atoms with van der Waals surface area (Å²) in [6.07, 6.45) is 4.60. The molecule has 2 heterocycles. The molecule has 140 valence electrons. The Kier molecular flexibility index (Phi) is 5.16. The second-order valence-corrected chi connectivity index (χ2v) is 6.59. The molecule has 0 saturated carbocycles. The first-order chi connectivity index (χ1) is 12.9. The topological polar surface area (TPSA) is 105 Å². The van der Waals surface area contributed by atoms with Gasteiger partial charge in [-0.05, 0) is 42.2 Å². The summed E-state index contributed by atoms with van der Waals surface area (Å²) in [6, 6.07) is 6.77. The van der Waals surface area contributed by atoms with E-state index in [1.165, 1.54) is 17.0 Å². The molecule has 8 heteroatoms. The molecule has 7 nitrogen and oxygen atoms in total. The van der Waals surface area contributed by atoms with E-state index in [0.717, 1.165) is 5.56 Å². The largest absolute Gasteiger partial charge is 0.352 e. The van der Waals surface area contributed by atoms with Crippen molar-refractivity contribution in [2.45, 2.75) is 24.9 Å². The zero-order chi connectivity index (χ0) is 19.4. The third-order valence-electron chi connectivity index (χ3n) is 4.60. The molecule has 3 N–H and O–H groups in total. The summed E-state index contributed by atoms with van der Waals surface area (Å²) in [4.78, 5) is 41.4. The Morgan fingerprint density at radius 1 is 1.41 bits per heavy atom. The van der Waals surface area contributed by atoms with Crippen LogP contribution in [-0.4, -0.2) is 40.2 Å². The molecule has 1 aromatic heterocycles. The van der Waals surface area contributed by atoms with Crippen LogP contribution in [0.5, 0.6) is 0 Å². The number of fused-ring (bicyclic) bond motifs is 1. The minimum atomic E-state index is -1.35. The molecule has 0 spiro atoms. The molecular weight excluding hydrogens is 351 g/mol. The van der Waals surface area contributed by atoms with Crippen molar-refractivity contribution in [1.82, 2.24) is 15.2 Å². The van der Waals surface area contributed by atoms with Gasteiger partial charge in [0.2, 0.25) is 0 Å². The average Bonchev–Trinajstić information content (AvgIpc) is 2.95. The normalized spacial score (nSPS) is 15.1. The summed E-state index contributed by atoms with van der Waals surface area (Å²) in [5, 5.41) is 2.48. The number of halogens is 1. The van der Waals surface area contributed by atoms with E-state index in [1.807, 2.05) is 6.07 Å². The van der Waals surface area contributed by atoms with Gasteiger partial charge in [-0.3, -0.25) is 9.78 Å². The van der Waals surface area contributed by atoms with Crippen LogP contribution in [0.2, 0.25) is 0 Å². The molecule has 1 aromatic carbocycles. The number of carbonyl (C=O) groups is 3. The maximum absolute atomic E-state index is 13.4. The standard InChI is InChI=1S/C19H19FN4O3/c20-15-4-3-14-10-24(17(26)16(14)8-15)11-19(12-25,23-18(21)27)6-5-13-2-1-7-22-9-13/h1-4,7-9,12H,5-6,10-11H2,(H3,21,23,27). The number of hydrogen-bond donors (Lipinski definition) is 2. The van der Waals surface area contributed by atoms with Gasteiger partial charge in [0.15, 0.2) is 0 Å². The van der Waals surface area contributed by atoms with E-state index < -0.39 is 17.4 Å². The van der Waals surface area contributed by atoms with Crippen LogP contribution in [0.4, 0.5) is 9.18 Å². The third-order valence-corrected chi connectivity index (χ3v) is 4.60. The molecule has 3 rings (SSSR count). The lowest BCUT2D eigenvalue weighted by atomic mass is 9.92. The predicted molar refractivity (Wildman–Crippen MR) is 95.2 cm³/mol. The monoisotopic (exact) mass is 370 g/mol. The molecule has 1 aliphatic rings. The molecule has 2 aromatic rings. The minimum absolute atomic E-state index is 0.0607. The second-order valence-electron chi connectivity index (χ2n) is 6.59. The summed E-state index contributed by atoms with van der Waals surface area (Å²) in [7, 11) is 0. The number of aldehydes is 1. The van der Waals surface area contributed by atoms with Gasteiger partial charge in [-0.1, -0.05) is 12.1 Å². The van der Waals surface area contributed by atoms with Crippen molar-refractivity contribution in [2.24, 2.45) is 5.73 Å². The van der Waals surface area contributed by atoms with Crippen molar-refractivity contribution in [3.8, 4) is 0 Å². The number of hydrogen-bond acceptors (Lipinski definition) is 4. The Balaban J connectivity index is 1.80. The Labute approximate surface area is 155 Å². The van der Waals surface area contributed by atoms with Crippen molar-refractivity contribution >= 4 is 18.2 Å². The predicted octanol–water partition coefficient (Wildman–Crippen LogP) is 1.42. The number of aryl methyl sites for hydroxylation is 1. The highest BCUT2D eigenvalue weighted by atomic mass is 19.1. The van der Waals surface area contributed by atoms with Gasteiger partial charge in [0, 0.05) is 24.5 Å². The number of nitrogens with one attached hydrogen (secondary N) is 1. The third kappa shape index (κ3) is 4.11. The van der Waals surface area contributed by atoms with E-state index in [4.69, 9.17) is 5.73 Å². The molecule has 3 amide bonds. The Morgan fingerprint density at radius 3 is 2.89 bits per heavy atom. The van der Waals surface area contributed by atoms with Crippen molar-refractivity contribution in [2.75, 3.05) is 6.54 Å². The summed E-state index contributed by atoms with van der Waals surface area (Å²) < 4.78 is 13.4. The van der Waals surface area contributed by atoms with Gasteiger partial charge in [0.1, 0.15) is 17.6 Å². The van der Waals surface area contributed by atoms with Crippen molar-refractivity contribution < 1.29 is 18.8 Å². The van der Waals surface area contributed by atoms with Crippen LogP contribution < -0.4 is 11.1 Å². The highest BCUT2D eigenvalue weighted by Crippen LogP contribution is 2.26. The highest BCUT2D eigenvalue weighted by molar-refractivity contribution is 5.98. The summed E-state index contributed by atoms with van der Waals surface area (Å²) in [5.41, 5.74) is 5.73. The molecule has 0 fully saturated rings. The van der Waals surface area contributed by atoms with Gasteiger partial charge in [0.25, 0.3) is 5.91 Å². The van der Waals surface area contributed by atoms with Crippen LogP contribution in [-0.2, 0) is 17.8 Å². The number of pyridine rings is 1. The van der Waals surface area contributed by atoms with Gasteiger partial charge in [-0.15, -0.1) is 0 Å². The Hall–Kier alpha value is -3.29. The first-order valence-corrected chi connectivity index (χ1v) is 8.43. The number of primary amides is 1. The van der Waals surface area contributed by atoms with Crippen LogP contribution in [0.1, 0.15) is 27.9 Å². The maximum Gasteiger partial charge on any atom is 0.313 e. The number of aromatic nitrogens is 1. The minimum Gasteiger partial charge on any atom is -0.352 e. The van der Waals surface area contributed by atoms with Gasteiger partial charge < -0.3 is 20.7 Å². The van der Waals surface area contributed by atoms with E-state index in [-0.39, 0.29) is 31.0 Å². The van der Waals surface area contributed by atoms with Crippen LogP contribution in [0.25, 0.3) is 0 Å². The van der Waals surface area contributed by atoms with Crippen LogP contribution in [0.3, 0.4) is 0 Å². The summed E-state index contributed by atoms with van der Waals surface area (Å²) >= 11 is 0. The second kappa shape index (κ2) is 7.53. The fraction of sp³-hybridized carbons (Fsp3) is 0.263. The lowest BCUT2D eigenvalue weighted by Gasteiger charge is -2.32. The lowest BCUT2D eigenvalue weighted by Crippen LogP contribution is -2.58. The molecule has 0 radical (unpaired) electrons. The number of benzene rings is 1. The van der Waals surface area contributed by atoms with Crippen LogP contribution in [0.15, 0.2) is 42.7 Å². The van der Waals surface area contributed by atoms with Gasteiger partial charge in [0.05, 0.1) is 6.54 Å². The smallest absolute Gasteiger partial charge is 0.313 e. The lowest BCUT2D eigenvalue weighted by molar-refractivity contribution is -0.113. The average molecular weight is 370 g/mol. The van der Waals surface area contributed by atoms with Crippen molar-refractivity contribution in [1.29, 1.82) is 0 Å². The van der Waals surface area contributed by atoms with Crippen LogP contribution in [0, 0.1) is 5.82 Å². The molecule has 0 saturated heterocycles. The fourth-order valence-corrected chi connectivity index (χ4v) is 3.27. The Bertz CT molecular complexity index is 875. The zero-order valence-electron chi connectivity index (χ0n) is 14.5. The highest BCUT2D eigenvalue weighted by Gasteiger charge is 2.38. The summed E-state index contributed by atoms with van der Waals surface area (Å²) in [6.45, 7) is 0.173. The molecule has 1 aliphatic heterocycles. The number of urea groups is 1. The van der Waals surface area contributed by atoms with Gasteiger partial charge in [-0.25, -0.2) is 9.18 Å². The summed E-state index contributed by atoms with van der Waals surface area (Å²) in [5.74, 6) is -0.888. The molecule has 1 unspecified atom stereocenters. The molecule has 0 aliphatic carbocycles. The first kappa shape index (κ1) is 18.5. The number of nitrogens with two attached hydrogens (primary N) is 1. The van der Waals surface area contributed by atoms with E-state index in [9.17, 15) is 18.8 Å². The molecule has 27 heavy (non-hydrogen) atoms. The van der Waals surface area contributed by atoms with E-state index >= 15 is 0 Å². The fourth-order valence-electron chi connectivity index (χ4n) is 3.27. The number of rotatable bonds is 7. The van der Waals surface area contributed by atoms with Crippen molar-refractivity contribution in [3.63, 3.8) is 0 Å². The van der Waals surface area contributed by atoms with Gasteiger partial charge in [-0.2, -0.15) is 0 Å². The SMILES string of the molecule is NC(=O)NC(C=O)(CCc1cccnc1)CN1Cc2ccc(F)cc2C1=O. The number of carbonyl (C=O) groups excluding carboxylic acids is 3.